The van der Waals surface area contributed by atoms with Gasteiger partial charge in [-0.1, -0.05) is 12.1 Å². The molecule has 0 aliphatic heterocycles. The van der Waals surface area contributed by atoms with Crippen molar-refractivity contribution in [3.63, 3.8) is 0 Å². The first-order valence-electron chi connectivity index (χ1n) is 5.98. The number of hydrogen-bond acceptors (Lipinski definition) is 4. The second-order valence-corrected chi connectivity index (χ2v) is 5.16. The Morgan fingerprint density at radius 2 is 1.74 bits per heavy atom. The van der Waals surface area contributed by atoms with Crippen molar-refractivity contribution in [2.45, 2.75) is 32.8 Å². The fraction of sp³-hybridized carbons (Fsp3) is 0.429. The number of amides is 1. The summed E-state index contributed by atoms with van der Waals surface area (Å²) in [6.07, 6.45) is 0.187. The molecule has 5 nitrogen and oxygen atoms in total. The van der Waals surface area contributed by atoms with Gasteiger partial charge in [-0.2, -0.15) is 0 Å². The predicted octanol–water partition coefficient (Wildman–Crippen LogP) is 1.43. The van der Waals surface area contributed by atoms with E-state index >= 15 is 0 Å². The molecule has 0 heterocycles. The van der Waals surface area contributed by atoms with Crippen molar-refractivity contribution >= 4 is 11.9 Å². The Morgan fingerprint density at radius 1 is 1.16 bits per heavy atom. The molecule has 0 saturated heterocycles. The molecule has 0 atom stereocenters. The monoisotopic (exact) mass is 265 g/mol. The number of carbonyl (C=O) groups is 2. The van der Waals surface area contributed by atoms with Gasteiger partial charge in [0, 0.05) is 0 Å². The molecule has 0 spiro atoms. The molecule has 0 saturated carbocycles. The Bertz CT molecular complexity index is 446. The van der Waals surface area contributed by atoms with Gasteiger partial charge in [-0.25, -0.2) is 4.79 Å². The van der Waals surface area contributed by atoms with Crippen molar-refractivity contribution in [2.24, 2.45) is 5.73 Å². The van der Waals surface area contributed by atoms with Gasteiger partial charge in [0.1, 0.15) is 11.4 Å². The number of carbonyl (C=O) groups excluding carboxylic acids is 2. The van der Waals surface area contributed by atoms with E-state index in [1.54, 1.807) is 45.0 Å². The standard InChI is InChI=1S/C14H19NO4/c1-14(2,3)19-13(17)9-18-11-6-4-10(5-7-11)8-12(15)16/h4-7H,8-9H2,1-3H3,(H2,15,16). The quantitative estimate of drug-likeness (QED) is 0.817. The molecule has 0 unspecified atom stereocenters. The van der Waals surface area contributed by atoms with Crippen molar-refractivity contribution in [3.8, 4) is 5.75 Å². The Kier molecular flexibility index (Phi) is 4.92. The van der Waals surface area contributed by atoms with Gasteiger partial charge in [-0.15, -0.1) is 0 Å². The van der Waals surface area contributed by atoms with Crippen molar-refractivity contribution in [1.29, 1.82) is 0 Å². The minimum Gasteiger partial charge on any atom is -0.482 e. The molecule has 1 rings (SSSR count). The van der Waals surface area contributed by atoms with Crippen LogP contribution < -0.4 is 10.5 Å². The molecular weight excluding hydrogens is 246 g/mol. The summed E-state index contributed by atoms with van der Waals surface area (Å²) in [6, 6.07) is 6.83. The minimum atomic E-state index is -0.522. The summed E-state index contributed by atoms with van der Waals surface area (Å²) >= 11 is 0. The van der Waals surface area contributed by atoms with Crippen LogP contribution in [-0.2, 0) is 20.7 Å². The summed E-state index contributed by atoms with van der Waals surface area (Å²) in [5, 5.41) is 0. The third-order valence-electron chi connectivity index (χ3n) is 2.08. The molecule has 0 fully saturated rings. The first kappa shape index (κ1) is 15.0. The van der Waals surface area contributed by atoms with Crippen LogP contribution in [0.5, 0.6) is 5.75 Å². The van der Waals surface area contributed by atoms with Crippen LogP contribution in [-0.4, -0.2) is 24.1 Å². The number of benzene rings is 1. The highest BCUT2D eigenvalue weighted by atomic mass is 16.6. The largest absolute Gasteiger partial charge is 0.482 e. The molecule has 0 aliphatic carbocycles. The van der Waals surface area contributed by atoms with E-state index in [1.165, 1.54) is 0 Å². The van der Waals surface area contributed by atoms with Gasteiger partial charge in [0.05, 0.1) is 6.42 Å². The van der Waals surface area contributed by atoms with Crippen LogP contribution in [0.1, 0.15) is 26.3 Å². The fourth-order valence-corrected chi connectivity index (χ4v) is 1.42. The van der Waals surface area contributed by atoms with Crippen LogP contribution in [0.25, 0.3) is 0 Å². The lowest BCUT2D eigenvalue weighted by atomic mass is 10.1. The molecule has 0 bridgehead atoms. The van der Waals surface area contributed by atoms with Gasteiger partial charge in [0.15, 0.2) is 6.61 Å². The first-order valence-corrected chi connectivity index (χ1v) is 5.98. The summed E-state index contributed by atoms with van der Waals surface area (Å²) in [7, 11) is 0. The highest BCUT2D eigenvalue weighted by Gasteiger charge is 2.16. The molecule has 19 heavy (non-hydrogen) atoms. The molecule has 0 aromatic heterocycles. The molecule has 0 aliphatic rings. The minimum absolute atomic E-state index is 0.146. The van der Waals surface area contributed by atoms with E-state index in [-0.39, 0.29) is 18.9 Å². The summed E-state index contributed by atoms with van der Waals surface area (Å²) in [5.74, 6) is -0.268. The smallest absolute Gasteiger partial charge is 0.344 e. The zero-order valence-corrected chi connectivity index (χ0v) is 11.4. The van der Waals surface area contributed by atoms with Crippen LogP contribution in [0.15, 0.2) is 24.3 Å². The van der Waals surface area contributed by atoms with E-state index in [4.69, 9.17) is 15.2 Å². The lowest BCUT2D eigenvalue weighted by Crippen LogP contribution is -2.27. The Labute approximate surface area is 112 Å². The van der Waals surface area contributed by atoms with E-state index in [9.17, 15) is 9.59 Å². The van der Waals surface area contributed by atoms with Gasteiger partial charge in [-0.05, 0) is 38.5 Å². The number of esters is 1. The first-order chi connectivity index (χ1) is 8.76. The molecule has 5 heteroatoms. The average molecular weight is 265 g/mol. The number of ether oxygens (including phenoxy) is 2. The zero-order valence-electron chi connectivity index (χ0n) is 11.4. The van der Waals surface area contributed by atoms with E-state index in [0.717, 1.165) is 5.56 Å². The Balaban J connectivity index is 2.46. The topological polar surface area (TPSA) is 78.6 Å². The van der Waals surface area contributed by atoms with Crippen molar-refractivity contribution < 1.29 is 19.1 Å². The second-order valence-electron chi connectivity index (χ2n) is 5.16. The number of nitrogens with two attached hydrogens (primary N) is 1. The summed E-state index contributed by atoms with van der Waals surface area (Å²) in [4.78, 5) is 22.2. The third kappa shape index (κ3) is 6.45. The normalized spacial score (nSPS) is 10.9. The molecule has 1 aromatic rings. The molecule has 1 amide bonds. The summed E-state index contributed by atoms with van der Waals surface area (Å²) < 4.78 is 10.4. The Hall–Kier alpha value is -2.04. The van der Waals surface area contributed by atoms with E-state index in [2.05, 4.69) is 0 Å². The van der Waals surface area contributed by atoms with Crippen molar-refractivity contribution in [2.75, 3.05) is 6.61 Å². The van der Waals surface area contributed by atoms with Gasteiger partial charge in [-0.3, -0.25) is 4.79 Å². The summed E-state index contributed by atoms with van der Waals surface area (Å²) in [5.41, 5.74) is 5.37. The van der Waals surface area contributed by atoms with Crippen LogP contribution >= 0.6 is 0 Å². The van der Waals surface area contributed by atoms with E-state index < -0.39 is 11.6 Å². The van der Waals surface area contributed by atoms with Crippen molar-refractivity contribution in [3.05, 3.63) is 29.8 Å². The maximum atomic E-state index is 11.4. The lowest BCUT2D eigenvalue weighted by Gasteiger charge is -2.19. The third-order valence-corrected chi connectivity index (χ3v) is 2.08. The van der Waals surface area contributed by atoms with Crippen LogP contribution in [0, 0.1) is 0 Å². The van der Waals surface area contributed by atoms with Gasteiger partial charge >= 0.3 is 5.97 Å². The predicted molar refractivity (Wildman–Crippen MR) is 70.7 cm³/mol. The van der Waals surface area contributed by atoms with Gasteiger partial charge < -0.3 is 15.2 Å². The molecule has 2 N–H and O–H groups in total. The van der Waals surface area contributed by atoms with Gasteiger partial charge in [0.25, 0.3) is 0 Å². The zero-order chi connectivity index (χ0) is 14.5. The Morgan fingerprint density at radius 3 is 2.21 bits per heavy atom. The lowest BCUT2D eigenvalue weighted by molar-refractivity contribution is -0.157. The van der Waals surface area contributed by atoms with Gasteiger partial charge in [0.2, 0.25) is 5.91 Å². The highest BCUT2D eigenvalue weighted by molar-refractivity contribution is 5.76. The molecular formula is C14H19NO4. The maximum Gasteiger partial charge on any atom is 0.344 e. The van der Waals surface area contributed by atoms with Crippen LogP contribution in [0.3, 0.4) is 0 Å². The number of rotatable bonds is 5. The maximum absolute atomic E-state index is 11.4. The second kappa shape index (κ2) is 6.22. The van der Waals surface area contributed by atoms with E-state index in [1.807, 2.05) is 0 Å². The van der Waals surface area contributed by atoms with E-state index in [0.29, 0.717) is 5.75 Å². The number of hydrogen-bond donors (Lipinski definition) is 1. The molecule has 1 aromatic carbocycles. The molecule has 0 radical (unpaired) electrons. The summed E-state index contributed by atoms with van der Waals surface area (Å²) in [6.45, 7) is 5.24. The molecule has 104 valence electrons. The van der Waals surface area contributed by atoms with Crippen LogP contribution in [0.2, 0.25) is 0 Å². The number of primary amides is 1. The fourth-order valence-electron chi connectivity index (χ4n) is 1.42. The average Bonchev–Trinajstić information content (AvgIpc) is 2.25. The van der Waals surface area contributed by atoms with Crippen LogP contribution in [0.4, 0.5) is 0 Å². The SMILES string of the molecule is CC(C)(C)OC(=O)COc1ccc(CC(N)=O)cc1. The highest BCUT2D eigenvalue weighted by Crippen LogP contribution is 2.13. The van der Waals surface area contributed by atoms with Crippen molar-refractivity contribution in [1.82, 2.24) is 0 Å².